The van der Waals surface area contributed by atoms with Gasteiger partial charge in [0.15, 0.2) is 5.82 Å². The zero-order valence-electron chi connectivity index (χ0n) is 18.4. The smallest absolute Gasteiger partial charge is 0.407 e. The van der Waals surface area contributed by atoms with Crippen LogP contribution in [0.15, 0.2) is 18.5 Å². The average Bonchev–Trinajstić information content (AvgIpc) is 3.57. The average molecular weight is 475 g/mol. The molecule has 4 rings (SSSR count). The monoisotopic (exact) mass is 475 g/mol. The van der Waals surface area contributed by atoms with Gasteiger partial charge in [-0.05, 0) is 25.8 Å². The highest BCUT2D eigenvalue weighted by Gasteiger charge is 2.29. The molecule has 14 heteroatoms. The van der Waals surface area contributed by atoms with Crippen LogP contribution in [0.4, 0.5) is 25.3 Å². The van der Waals surface area contributed by atoms with Crippen LogP contribution < -0.4 is 21.1 Å². The number of nitrogen functional groups attached to an aromatic ring is 1. The molecule has 0 radical (unpaired) electrons. The van der Waals surface area contributed by atoms with Gasteiger partial charge in [-0.1, -0.05) is 0 Å². The number of nitrogens with two attached hydrogens (primary N) is 1. The Hall–Kier alpha value is -4.10. The zero-order valence-corrected chi connectivity index (χ0v) is 18.4. The summed E-state index contributed by atoms with van der Waals surface area (Å²) in [5.41, 5.74) is 7.22. The highest BCUT2D eigenvalue weighted by molar-refractivity contribution is 5.75. The summed E-state index contributed by atoms with van der Waals surface area (Å²) >= 11 is 0. The molecular weight excluding hydrogens is 452 g/mol. The number of hydrogen-bond acceptors (Lipinski definition) is 10. The highest BCUT2D eigenvalue weighted by Crippen LogP contribution is 2.41. The standard InChI is InChI=1S/C20H23F2N9O3/c1-9(27-20(32)33-2)7-26-19-24-6-5-11(29-19)13-14(31-16(30-13)10-3-4-10)12-8-25-15(23)17(28-12)34-18(21)22/h5-6,8-10,18H,3-4,7H2,1-2H3,(H2,23,25)(H,27,32)(H,30,31)(H,24,26,29)/t9-/m0/s1. The van der Waals surface area contributed by atoms with Crippen LogP contribution in [0.1, 0.15) is 31.5 Å². The van der Waals surface area contributed by atoms with E-state index in [4.69, 9.17) is 5.73 Å². The van der Waals surface area contributed by atoms with Crippen molar-refractivity contribution in [3.05, 3.63) is 24.3 Å². The third kappa shape index (κ3) is 5.44. The number of nitrogens with one attached hydrogen (secondary N) is 3. The third-order valence-electron chi connectivity index (χ3n) is 4.92. The number of aromatic nitrogens is 6. The van der Waals surface area contributed by atoms with Crippen molar-refractivity contribution in [1.82, 2.24) is 35.2 Å². The van der Waals surface area contributed by atoms with E-state index in [2.05, 4.69) is 50.0 Å². The normalized spacial score (nSPS) is 14.0. The van der Waals surface area contributed by atoms with Crippen molar-refractivity contribution in [2.24, 2.45) is 0 Å². The number of alkyl halides is 2. The van der Waals surface area contributed by atoms with E-state index in [9.17, 15) is 13.6 Å². The number of methoxy groups -OCH3 is 1. The zero-order chi connectivity index (χ0) is 24.2. The summed E-state index contributed by atoms with van der Waals surface area (Å²) in [6, 6.07) is 1.43. The molecule has 0 unspecified atom stereocenters. The molecule has 1 fully saturated rings. The SMILES string of the molecule is COC(=O)N[C@@H](C)CNc1nccc(-c2[nH]c(C3CC3)nc2-c2cnc(N)c(OC(F)F)n2)n1. The number of ether oxygens (including phenoxy) is 2. The minimum absolute atomic E-state index is 0.201. The Morgan fingerprint density at radius 2 is 2.06 bits per heavy atom. The molecule has 34 heavy (non-hydrogen) atoms. The van der Waals surface area contributed by atoms with E-state index >= 15 is 0 Å². The van der Waals surface area contributed by atoms with Gasteiger partial charge in [0.25, 0.3) is 5.88 Å². The van der Waals surface area contributed by atoms with Crippen LogP contribution in [-0.2, 0) is 4.74 Å². The van der Waals surface area contributed by atoms with Gasteiger partial charge < -0.3 is 30.8 Å². The largest absolute Gasteiger partial charge is 0.453 e. The number of amides is 1. The second-order valence-corrected chi connectivity index (χ2v) is 7.63. The topological polar surface area (TPSA) is 166 Å². The van der Waals surface area contributed by atoms with Gasteiger partial charge in [-0.25, -0.2) is 29.7 Å². The van der Waals surface area contributed by atoms with Crippen LogP contribution in [0.3, 0.4) is 0 Å². The Balaban J connectivity index is 1.63. The summed E-state index contributed by atoms with van der Waals surface area (Å²) in [6.07, 6.45) is 4.33. The molecule has 1 amide bonds. The van der Waals surface area contributed by atoms with E-state index in [1.807, 2.05) is 0 Å². The summed E-state index contributed by atoms with van der Waals surface area (Å²) in [7, 11) is 1.29. The molecule has 0 aromatic carbocycles. The number of imidazole rings is 1. The number of nitrogens with zero attached hydrogens (tertiary/aromatic N) is 5. The van der Waals surface area contributed by atoms with Gasteiger partial charge in [0.05, 0.1) is 24.7 Å². The van der Waals surface area contributed by atoms with Gasteiger partial charge in [0, 0.05) is 24.7 Å². The number of alkyl carbamates (subject to hydrolysis) is 1. The Bertz CT molecular complexity index is 1170. The van der Waals surface area contributed by atoms with Crippen LogP contribution in [0, 0.1) is 0 Å². The van der Waals surface area contributed by atoms with Crippen molar-refractivity contribution in [2.45, 2.75) is 38.3 Å². The van der Waals surface area contributed by atoms with Gasteiger partial charge in [-0.3, -0.25) is 0 Å². The van der Waals surface area contributed by atoms with E-state index in [0.717, 1.165) is 18.7 Å². The quantitative estimate of drug-likeness (QED) is 0.361. The van der Waals surface area contributed by atoms with Crippen LogP contribution in [0.5, 0.6) is 5.88 Å². The lowest BCUT2D eigenvalue weighted by Crippen LogP contribution is -2.37. The predicted octanol–water partition coefficient (Wildman–Crippen LogP) is 2.54. The van der Waals surface area contributed by atoms with Crippen LogP contribution in [0.25, 0.3) is 22.8 Å². The van der Waals surface area contributed by atoms with Crippen molar-refractivity contribution in [3.63, 3.8) is 0 Å². The molecule has 1 aliphatic rings. The molecule has 3 aromatic heterocycles. The van der Waals surface area contributed by atoms with E-state index in [0.29, 0.717) is 29.6 Å². The fourth-order valence-electron chi connectivity index (χ4n) is 3.12. The maximum atomic E-state index is 12.7. The predicted molar refractivity (Wildman–Crippen MR) is 117 cm³/mol. The number of hydrogen-bond donors (Lipinski definition) is 4. The maximum absolute atomic E-state index is 12.7. The fourth-order valence-corrected chi connectivity index (χ4v) is 3.12. The highest BCUT2D eigenvalue weighted by atomic mass is 19.3. The third-order valence-corrected chi connectivity index (χ3v) is 4.92. The molecule has 3 aromatic rings. The molecule has 0 spiro atoms. The van der Waals surface area contributed by atoms with E-state index < -0.39 is 18.6 Å². The van der Waals surface area contributed by atoms with Crippen molar-refractivity contribution in [1.29, 1.82) is 0 Å². The minimum atomic E-state index is -3.10. The number of rotatable bonds is 9. The lowest BCUT2D eigenvalue weighted by molar-refractivity contribution is -0.0524. The van der Waals surface area contributed by atoms with Crippen LogP contribution in [0.2, 0.25) is 0 Å². The second kappa shape index (κ2) is 9.80. The van der Waals surface area contributed by atoms with Crippen molar-refractivity contribution < 1.29 is 23.0 Å². The van der Waals surface area contributed by atoms with Gasteiger partial charge in [-0.2, -0.15) is 8.78 Å². The molecule has 1 atom stereocenters. The summed E-state index contributed by atoms with van der Waals surface area (Å²) in [5, 5.41) is 5.69. The molecule has 0 aliphatic heterocycles. The number of anilines is 2. The van der Waals surface area contributed by atoms with E-state index in [1.165, 1.54) is 13.3 Å². The summed E-state index contributed by atoms with van der Waals surface area (Å²) in [6.45, 7) is -0.958. The molecule has 0 bridgehead atoms. The Morgan fingerprint density at radius 1 is 1.26 bits per heavy atom. The molecular formula is C20H23F2N9O3. The van der Waals surface area contributed by atoms with Gasteiger partial charge in [0.2, 0.25) is 5.95 Å². The minimum Gasteiger partial charge on any atom is -0.453 e. The van der Waals surface area contributed by atoms with Gasteiger partial charge >= 0.3 is 12.7 Å². The summed E-state index contributed by atoms with van der Waals surface area (Å²) < 4.78 is 34.4. The summed E-state index contributed by atoms with van der Waals surface area (Å²) in [5.74, 6) is 0.590. The molecule has 3 heterocycles. The molecule has 12 nitrogen and oxygen atoms in total. The molecule has 1 saturated carbocycles. The Labute approximate surface area is 192 Å². The van der Waals surface area contributed by atoms with E-state index in [-0.39, 0.29) is 23.5 Å². The lowest BCUT2D eigenvalue weighted by Gasteiger charge is -2.14. The first-order valence-electron chi connectivity index (χ1n) is 10.4. The summed E-state index contributed by atoms with van der Waals surface area (Å²) in [4.78, 5) is 36.0. The Morgan fingerprint density at radius 3 is 2.76 bits per heavy atom. The van der Waals surface area contributed by atoms with E-state index in [1.54, 1.807) is 19.2 Å². The van der Waals surface area contributed by atoms with Gasteiger partial charge in [-0.15, -0.1) is 0 Å². The molecule has 0 saturated heterocycles. The molecule has 1 aliphatic carbocycles. The van der Waals surface area contributed by atoms with Gasteiger partial charge in [0.1, 0.15) is 17.2 Å². The lowest BCUT2D eigenvalue weighted by atomic mass is 10.2. The molecule has 180 valence electrons. The maximum Gasteiger partial charge on any atom is 0.407 e. The van der Waals surface area contributed by atoms with Crippen molar-refractivity contribution in [2.75, 3.05) is 24.7 Å². The number of aromatic amines is 1. The number of halogens is 2. The number of H-pyrrole nitrogens is 1. The van der Waals surface area contributed by atoms with Crippen molar-refractivity contribution >= 4 is 17.9 Å². The fraction of sp³-hybridized carbons (Fsp3) is 0.400. The second-order valence-electron chi connectivity index (χ2n) is 7.63. The van der Waals surface area contributed by atoms with Crippen LogP contribution >= 0.6 is 0 Å². The Kier molecular flexibility index (Phi) is 6.65. The first kappa shape index (κ1) is 23.1. The number of carbonyl (C=O) groups is 1. The number of carbonyl (C=O) groups excluding carboxylic acids is 1. The van der Waals surface area contributed by atoms with Crippen molar-refractivity contribution in [3.8, 4) is 28.7 Å². The first-order chi connectivity index (χ1) is 16.3. The molecule has 5 N–H and O–H groups in total. The van der Waals surface area contributed by atoms with Crippen LogP contribution in [-0.4, -0.2) is 62.3 Å². The first-order valence-corrected chi connectivity index (χ1v) is 10.4.